The summed E-state index contributed by atoms with van der Waals surface area (Å²) in [6.45, 7) is 2.56. The van der Waals surface area contributed by atoms with E-state index in [9.17, 15) is 0 Å². The van der Waals surface area contributed by atoms with E-state index in [1.165, 1.54) is 0 Å². The Balaban J connectivity index is 3.31. The minimum Gasteiger partial charge on any atom is -0.496 e. The minimum atomic E-state index is 0.553. The van der Waals surface area contributed by atoms with Crippen LogP contribution in [-0.4, -0.2) is 26.6 Å². The first-order valence-corrected chi connectivity index (χ1v) is 5.00. The molecule has 88 valence electrons. The number of hydrogen-bond donors (Lipinski definition) is 2. The van der Waals surface area contributed by atoms with Gasteiger partial charge >= 0.3 is 0 Å². The quantitative estimate of drug-likeness (QED) is 0.345. The zero-order valence-corrected chi connectivity index (χ0v) is 9.78. The third-order valence-electron chi connectivity index (χ3n) is 2.12. The van der Waals surface area contributed by atoms with Gasteiger partial charge in [-0.3, -0.25) is 4.99 Å². The van der Waals surface area contributed by atoms with E-state index in [1.807, 2.05) is 25.1 Å². The van der Waals surface area contributed by atoms with Gasteiger partial charge in [0, 0.05) is 6.54 Å². The van der Waals surface area contributed by atoms with Crippen molar-refractivity contribution in [2.75, 3.05) is 20.8 Å². The molecular weight excluding hydrogens is 206 g/mol. The van der Waals surface area contributed by atoms with Crippen molar-refractivity contribution < 1.29 is 9.47 Å². The molecule has 0 aliphatic heterocycles. The molecule has 0 amide bonds. The normalized spacial score (nSPS) is 11.1. The molecular formula is C11H17N3O2. The fraction of sp³-hybridized carbons (Fsp3) is 0.364. The van der Waals surface area contributed by atoms with E-state index in [4.69, 9.17) is 15.3 Å². The molecule has 0 heterocycles. The molecule has 0 fully saturated rings. The Morgan fingerprint density at radius 3 is 2.25 bits per heavy atom. The summed E-state index contributed by atoms with van der Waals surface area (Å²) >= 11 is 0. The van der Waals surface area contributed by atoms with Crippen LogP contribution in [0.2, 0.25) is 0 Å². The second-order valence-electron chi connectivity index (χ2n) is 3.00. The number of ether oxygens (including phenoxy) is 2. The van der Waals surface area contributed by atoms with Crippen molar-refractivity contribution in [3.05, 3.63) is 23.8 Å². The number of amidine groups is 1. The molecule has 1 aromatic carbocycles. The highest BCUT2D eigenvalue weighted by molar-refractivity contribution is 6.03. The number of nitrogens with one attached hydrogen (secondary N) is 1. The Morgan fingerprint density at radius 2 is 1.88 bits per heavy atom. The fourth-order valence-electron chi connectivity index (χ4n) is 1.44. The van der Waals surface area contributed by atoms with Gasteiger partial charge in [-0.25, -0.2) is 5.84 Å². The van der Waals surface area contributed by atoms with E-state index in [0.29, 0.717) is 23.9 Å². The number of hydrazine groups is 1. The van der Waals surface area contributed by atoms with Gasteiger partial charge in [-0.2, -0.15) is 0 Å². The Morgan fingerprint density at radius 1 is 1.31 bits per heavy atom. The van der Waals surface area contributed by atoms with Gasteiger partial charge < -0.3 is 14.9 Å². The first-order valence-electron chi connectivity index (χ1n) is 5.00. The molecule has 0 aliphatic rings. The number of aliphatic imine (C=N–C) groups is 1. The fourth-order valence-corrected chi connectivity index (χ4v) is 1.44. The van der Waals surface area contributed by atoms with Gasteiger partial charge in [0.1, 0.15) is 22.9 Å². The number of rotatable bonds is 4. The third-order valence-corrected chi connectivity index (χ3v) is 2.12. The number of benzene rings is 1. The number of hydrogen-bond acceptors (Lipinski definition) is 4. The van der Waals surface area contributed by atoms with Crippen LogP contribution in [0.4, 0.5) is 0 Å². The van der Waals surface area contributed by atoms with E-state index in [1.54, 1.807) is 14.2 Å². The summed E-state index contributed by atoms with van der Waals surface area (Å²) in [7, 11) is 3.19. The minimum absolute atomic E-state index is 0.553. The number of methoxy groups -OCH3 is 2. The highest BCUT2D eigenvalue weighted by atomic mass is 16.5. The van der Waals surface area contributed by atoms with Gasteiger partial charge in [0.05, 0.1) is 14.2 Å². The molecule has 0 aromatic heterocycles. The predicted molar refractivity (Wildman–Crippen MR) is 63.9 cm³/mol. The van der Waals surface area contributed by atoms with E-state index >= 15 is 0 Å². The molecule has 5 heteroatoms. The maximum Gasteiger partial charge on any atom is 0.150 e. The Hall–Kier alpha value is -1.75. The second kappa shape index (κ2) is 5.97. The van der Waals surface area contributed by atoms with E-state index in [-0.39, 0.29) is 0 Å². The van der Waals surface area contributed by atoms with Gasteiger partial charge in [-0.05, 0) is 19.1 Å². The van der Waals surface area contributed by atoms with E-state index in [2.05, 4.69) is 10.4 Å². The summed E-state index contributed by atoms with van der Waals surface area (Å²) in [5.74, 6) is 7.34. The lowest BCUT2D eigenvalue weighted by atomic mass is 10.1. The van der Waals surface area contributed by atoms with Gasteiger partial charge in [0.2, 0.25) is 0 Å². The first-order chi connectivity index (χ1) is 7.78. The van der Waals surface area contributed by atoms with Crippen LogP contribution in [-0.2, 0) is 0 Å². The number of nitrogens with two attached hydrogens (primary N) is 1. The predicted octanol–water partition coefficient (Wildman–Crippen LogP) is 0.934. The molecule has 3 N–H and O–H groups in total. The highest BCUT2D eigenvalue weighted by Gasteiger charge is 2.14. The lowest BCUT2D eigenvalue weighted by Gasteiger charge is -2.14. The summed E-state index contributed by atoms with van der Waals surface area (Å²) in [5, 5.41) is 0. The van der Waals surface area contributed by atoms with E-state index < -0.39 is 0 Å². The van der Waals surface area contributed by atoms with Crippen LogP contribution >= 0.6 is 0 Å². The molecule has 0 spiro atoms. The summed E-state index contributed by atoms with van der Waals surface area (Å²) in [5.41, 5.74) is 3.29. The van der Waals surface area contributed by atoms with Crippen LogP contribution in [0.25, 0.3) is 0 Å². The molecule has 0 radical (unpaired) electrons. The van der Waals surface area contributed by atoms with Gasteiger partial charge in [-0.15, -0.1) is 0 Å². The van der Waals surface area contributed by atoms with Crippen molar-refractivity contribution in [1.82, 2.24) is 5.43 Å². The van der Waals surface area contributed by atoms with Crippen molar-refractivity contribution in [2.24, 2.45) is 10.8 Å². The lowest BCUT2D eigenvalue weighted by molar-refractivity contribution is 0.392. The monoisotopic (exact) mass is 223 g/mol. The van der Waals surface area contributed by atoms with Crippen LogP contribution in [0.5, 0.6) is 11.5 Å². The first kappa shape index (κ1) is 12.3. The zero-order valence-electron chi connectivity index (χ0n) is 9.78. The summed E-state index contributed by atoms with van der Waals surface area (Å²) in [6, 6.07) is 5.52. The SMILES string of the molecule is CCN=C(NN)c1c(OC)cccc1OC. The summed E-state index contributed by atoms with van der Waals surface area (Å²) in [4.78, 5) is 4.25. The standard InChI is InChI=1S/C11H17N3O2/c1-4-13-11(14-12)10-8(15-2)6-5-7-9(10)16-3/h5-7H,4,12H2,1-3H3,(H,13,14). The maximum atomic E-state index is 5.45. The van der Waals surface area contributed by atoms with Gasteiger partial charge in [0.15, 0.2) is 0 Å². The average molecular weight is 223 g/mol. The third kappa shape index (κ3) is 2.43. The molecule has 0 unspecified atom stereocenters. The lowest BCUT2D eigenvalue weighted by Crippen LogP contribution is -2.32. The van der Waals surface area contributed by atoms with Crippen molar-refractivity contribution in [3.8, 4) is 11.5 Å². The molecule has 0 saturated heterocycles. The molecule has 1 aromatic rings. The van der Waals surface area contributed by atoms with Gasteiger partial charge in [0.25, 0.3) is 0 Å². The molecule has 0 saturated carbocycles. The van der Waals surface area contributed by atoms with Gasteiger partial charge in [-0.1, -0.05) is 6.07 Å². The average Bonchev–Trinajstić information content (AvgIpc) is 2.35. The molecule has 16 heavy (non-hydrogen) atoms. The highest BCUT2D eigenvalue weighted by Crippen LogP contribution is 2.28. The zero-order chi connectivity index (χ0) is 12.0. The van der Waals surface area contributed by atoms with Crippen molar-refractivity contribution in [1.29, 1.82) is 0 Å². The van der Waals surface area contributed by atoms with Crippen molar-refractivity contribution in [3.63, 3.8) is 0 Å². The van der Waals surface area contributed by atoms with E-state index in [0.717, 1.165) is 5.56 Å². The molecule has 5 nitrogen and oxygen atoms in total. The van der Waals surface area contributed by atoms with Crippen molar-refractivity contribution >= 4 is 5.84 Å². The van der Waals surface area contributed by atoms with Crippen LogP contribution in [0.1, 0.15) is 12.5 Å². The topological polar surface area (TPSA) is 68.9 Å². The summed E-state index contributed by atoms with van der Waals surface area (Å²) < 4.78 is 10.5. The Bertz CT molecular complexity index is 355. The Kier molecular flexibility index (Phi) is 4.60. The molecule has 0 bridgehead atoms. The van der Waals surface area contributed by atoms with Crippen LogP contribution in [0, 0.1) is 0 Å². The molecule has 1 rings (SSSR count). The molecule has 0 aliphatic carbocycles. The number of nitrogens with zero attached hydrogens (tertiary/aromatic N) is 1. The Labute approximate surface area is 95.2 Å². The molecule has 0 atom stereocenters. The van der Waals surface area contributed by atoms with Crippen LogP contribution in [0.3, 0.4) is 0 Å². The largest absolute Gasteiger partial charge is 0.496 e. The maximum absolute atomic E-state index is 5.45. The van der Waals surface area contributed by atoms with Crippen LogP contribution in [0.15, 0.2) is 23.2 Å². The smallest absolute Gasteiger partial charge is 0.150 e. The van der Waals surface area contributed by atoms with Crippen molar-refractivity contribution in [2.45, 2.75) is 6.92 Å². The summed E-state index contributed by atoms with van der Waals surface area (Å²) in [6.07, 6.45) is 0. The second-order valence-corrected chi connectivity index (χ2v) is 3.00. The van der Waals surface area contributed by atoms with Crippen LogP contribution < -0.4 is 20.7 Å².